The second-order valence-electron chi connectivity index (χ2n) is 6.86. The molecule has 3 N–H and O–H groups in total. The van der Waals surface area contributed by atoms with Gasteiger partial charge in [-0.05, 0) is 35.6 Å². The molecule has 2 aromatic carbocycles. The topological polar surface area (TPSA) is 80.4 Å². The molecule has 0 aliphatic rings. The molecule has 1 amide bonds. The number of aliphatic imine (C=N–C) groups is 1. The molecule has 0 radical (unpaired) electrons. The molecule has 0 saturated carbocycles. The fourth-order valence-electron chi connectivity index (χ4n) is 3.25. The predicted molar refractivity (Wildman–Crippen MR) is 117 cm³/mol. The molecule has 1 aromatic heterocycles. The lowest BCUT2D eigenvalue weighted by atomic mass is 9.88. The minimum absolute atomic E-state index is 0.0317. The average molecular weight is 386 g/mol. The number of rotatable bonds is 8. The minimum atomic E-state index is -0.142. The molecular weight excluding hydrogens is 360 g/mol. The zero-order chi connectivity index (χ0) is 20.3. The van der Waals surface area contributed by atoms with Crippen LogP contribution in [0.5, 0.6) is 0 Å². The Hall–Kier alpha value is -3.47. The Labute approximate surface area is 171 Å². The summed E-state index contributed by atoms with van der Waals surface area (Å²) in [4.78, 5) is 21.0. The second-order valence-corrected chi connectivity index (χ2v) is 6.86. The molecular formula is C24H26N4O. The Bertz CT molecular complexity index is 872. The summed E-state index contributed by atoms with van der Waals surface area (Å²) in [5, 5.41) is 2.73. The van der Waals surface area contributed by atoms with Crippen molar-refractivity contribution in [2.75, 3.05) is 6.54 Å². The molecule has 0 spiro atoms. The quantitative estimate of drug-likeness (QED) is 0.352. The van der Waals surface area contributed by atoms with E-state index in [0.717, 1.165) is 24.0 Å². The van der Waals surface area contributed by atoms with Crippen LogP contribution in [0, 0.1) is 0 Å². The zero-order valence-electron chi connectivity index (χ0n) is 16.4. The summed E-state index contributed by atoms with van der Waals surface area (Å²) in [6.45, 7) is 0.557. The standard InChI is InChI=1S/C24H26N4O/c25-24(27-16-8-10-19-9-7-15-26-18-19)28-23(29)17-22(20-11-3-1-4-12-20)21-13-5-2-6-14-21/h1-7,9,11-15,18,22H,8,10,16-17H2,(H3,25,27,28,29). The summed E-state index contributed by atoms with van der Waals surface area (Å²) in [7, 11) is 0. The van der Waals surface area contributed by atoms with Crippen LogP contribution in [0.4, 0.5) is 0 Å². The first-order chi connectivity index (χ1) is 14.2. The van der Waals surface area contributed by atoms with Crippen molar-refractivity contribution in [3.8, 4) is 0 Å². The van der Waals surface area contributed by atoms with E-state index in [1.54, 1.807) is 6.20 Å². The maximum atomic E-state index is 12.6. The molecule has 5 nitrogen and oxygen atoms in total. The number of nitrogens with one attached hydrogen (secondary N) is 1. The number of nitrogens with two attached hydrogens (primary N) is 1. The van der Waals surface area contributed by atoms with E-state index in [-0.39, 0.29) is 17.8 Å². The van der Waals surface area contributed by atoms with Crippen molar-refractivity contribution in [2.45, 2.75) is 25.2 Å². The number of guanidine groups is 1. The first-order valence-corrected chi connectivity index (χ1v) is 9.81. The van der Waals surface area contributed by atoms with E-state index >= 15 is 0 Å². The number of benzene rings is 2. The zero-order valence-corrected chi connectivity index (χ0v) is 16.4. The van der Waals surface area contributed by atoms with Crippen LogP contribution in [0.2, 0.25) is 0 Å². The highest BCUT2D eigenvalue weighted by molar-refractivity contribution is 5.96. The monoisotopic (exact) mass is 386 g/mol. The number of pyridine rings is 1. The third-order valence-electron chi connectivity index (χ3n) is 4.69. The van der Waals surface area contributed by atoms with Crippen LogP contribution < -0.4 is 11.1 Å². The molecule has 0 fully saturated rings. The maximum absolute atomic E-state index is 12.6. The molecule has 3 aromatic rings. The van der Waals surface area contributed by atoms with Gasteiger partial charge in [0, 0.05) is 31.3 Å². The molecule has 3 rings (SSSR count). The summed E-state index contributed by atoms with van der Waals surface area (Å²) < 4.78 is 0. The number of nitrogens with zero attached hydrogens (tertiary/aromatic N) is 2. The normalized spacial score (nSPS) is 11.4. The van der Waals surface area contributed by atoms with Gasteiger partial charge < -0.3 is 5.73 Å². The fourth-order valence-corrected chi connectivity index (χ4v) is 3.25. The minimum Gasteiger partial charge on any atom is -0.370 e. The SMILES string of the molecule is NC(=NCCCc1cccnc1)NC(=O)CC(c1ccccc1)c1ccccc1. The molecule has 0 aliphatic carbocycles. The van der Waals surface area contributed by atoms with Gasteiger partial charge in [0.05, 0.1) is 0 Å². The van der Waals surface area contributed by atoms with Crippen molar-refractivity contribution in [2.24, 2.45) is 10.7 Å². The molecule has 0 bridgehead atoms. The number of hydrogen-bond acceptors (Lipinski definition) is 3. The van der Waals surface area contributed by atoms with Gasteiger partial charge in [-0.3, -0.25) is 20.1 Å². The van der Waals surface area contributed by atoms with Crippen molar-refractivity contribution < 1.29 is 4.79 Å². The number of carbonyl (C=O) groups is 1. The van der Waals surface area contributed by atoms with Gasteiger partial charge in [0.1, 0.15) is 0 Å². The van der Waals surface area contributed by atoms with Gasteiger partial charge in [-0.2, -0.15) is 0 Å². The fraction of sp³-hybridized carbons (Fsp3) is 0.208. The third kappa shape index (κ3) is 6.57. The smallest absolute Gasteiger partial charge is 0.227 e. The molecule has 1 heterocycles. The molecule has 0 atom stereocenters. The molecule has 29 heavy (non-hydrogen) atoms. The van der Waals surface area contributed by atoms with Crippen molar-refractivity contribution in [1.29, 1.82) is 0 Å². The van der Waals surface area contributed by atoms with E-state index in [4.69, 9.17) is 5.73 Å². The van der Waals surface area contributed by atoms with Crippen molar-refractivity contribution in [1.82, 2.24) is 10.3 Å². The molecule has 0 aliphatic heterocycles. The van der Waals surface area contributed by atoms with Crippen LogP contribution in [-0.2, 0) is 11.2 Å². The van der Waals surface area contributed by atoms with Crippen LogP contribution in [0.1, 0.15) is 35.4 Å². The van der Waals surface area contributed by atoms with E-state index < -0.39 is 0 Å². The first-order valence-electron chi connectivity index (χ1n) is 9.81. The highest BCUT2D eigenvalue weighted by atomic mass is 16.1. The van der Waals surface area contributed by atoms with Crippen LogP contribution in [0.3, 0.4) is 0 Å². The van der Waals surface area contributed by atoms with Gasteiger partial charge in [0.25, 0.3) is 0 Å². The predicted octanol–water partition coefficient (Wildman–Crippen LogP) is 3.67. The highest BCUT2D eigenvalue weighted by Crippen LogP contribution is 2.27. The number of carbonyl (C=O) groups excluding carboxylic acids is 1. The van der Waals surface area contributed by atoms with Crippen LogP contribution in [0.25, 0.3) is 0 Å². The van der Waals surface area contributed by atoms with Gasteiger partial charge in [0.2, 0.25) is 5.91 Å². The van der Waals surface area contributed by atoms with Gasteiger partial charge in [0.15, 0.2) is 5.96 Å². The summed E-state index contributed by atoms with van der Waals surface area (Å²) in [6, 6.07) is 24.0. The summed E-state index contributed by atoms with van der Waals surface area (Å²) >= 11 is 0. The summed E-state index contributed by atoms with van der Waals surface area (Å²) in [5.74, 6) is -0.00643. The van der Waals surface area contributed by atoms with Crippen LogP contribution in [0.15, 0.2) is 90.2 Å². The Balaban J connectivity index is 1.55. The van der Waals surface area contributed by atoms with Crippen molar-refractivity contribution >= 4 is 11.9 Å². The number of amides is 1. The number of aryl methyl sites for hydroxylation is 1. The number of aromatic nitrogens is 1. The van der Waals surface area contributed by atoms with Gasteiger partial charge in [-0.25, -0.2) is 0 Å². The van der Waals surface area contributed by atoms with E-state index in [1.165, 1.54) is 5.56 Å². The van der Waals surface area contributed by atoms with Gasteiger partial charge >= 0.3 is 0 Å². The van der Waals surface area contributed by atoms with Crippen molar-refractivity contribution in [3.63, 3.8) is 0 Å². The molecule has 0 saturated heterocycles. The maximum Gasteiger partial charge on any atom is 0.227 e. The molecule has 0 unspecified atom stereocenters. The average Bonchev–Trinajstić information content (AvgIpc) is 2.77. The molecule has 5 heteroatoms. The molecule has 148 valence electrons. The van der Waals surface area contributed by atoms with Crippen LogP contribution in [-0.4, -0.2) is 23.4 Å². The lowest BCUT2D eigenvalue weighted by molar-refractivity contribution is -0.119. The largest absolute Gasteiger partial charge is 0.370 e. The number of hydrogen-bond donors (Lipinski definition) is 2. The Morgan fingerprint density at radius 3 is 2.21 bits per heavy atom. The first kappa shape index (κ1) is 20.3. The summed E-state index contributed by atoms with van der Waals surface area (Å²) in [5.41, 5.74) is 9.27. The van der Waals surface area contributed by atoms with E-state index in [9.17, 15) is 4.79 Å². The third-order valence-corrected chi connectivity index (χ3v) is 4.69. The lowest BCUT2D eigenvalue weighted by Crippen LogP contribution is -2.37. The lowest BCUT2D eigenvalue weighted by Gasteiger charge is -2.17. The Morgan fingerprint density at radius 2 is 1.62 bits per heavy atom. The Kier molecular flexibility index (Phi) is 7.52. The Morgan fingerprint density at radius 1 is 0.966 bits per heavy atom. The summed E-state index contributed by atoms with van der Waals surface area (Å²) in [6.07, 6.45) is 5.64. The van der Waals surface area contributed by atoms with E-state index in [1.807, 2.05) is 79.0 Å². The van der Waals surface area contributed by atoms with Gasteiger partial charge in [-0.1, -0.05) is 66.7 Å². The highest BCUT2D eigenvalue weighted by Gasteiger charge is 2.18. The van der Waals surface area contributed by atoms with E-state index in [2.05, 4.69) is 15.3 Å². The van der Waals surface area contributed by atoms with Gasteiger partial charge in [-0.15, -0.1) is 0 Å². The second kappa shape index (κ2) is 10.8. The van der Waals surface area contributed by atoms with Crippen LogP contribution >= 0.6 is 0 Å². The van der Waals surface area contributed by atoms with Crippen molar-refractivity contribution in [3.05, 3.63) is 102 Å². The van der Waals surface area contributed by atoms with E-state index in [0.29, 0.717) is 13.0 Å².